The van der Waals surface area contributed by atoms with Gasteiger partial charge >= 0.3 is 11.9 Å². The van der Waals surface area contributed by atoms with Crippen LogP contribution in [0.4, 0.5) is 11.4 Å². The Morgan fingerprint density at radius 3 is 1.43 bits per heavy atom. The molecular formula is C27H26N2O6. The summed E-state index contributed by atoms with van der Waals surface area (Å²) in [5.41, 5.74) is 1.31. The van der Waals surface area contributed by atoms with Gasteiger partial charge in [-0.15, -0.1) is 0 Å². The van der Waals surface area contributed by atoms with E-state index >= 15 is 0 Å². The lowest BCUT2D eigenvalue weighted by Crippen LogP contribution is -2.13. The zero-order valence-electron chi connectivity index (χ0n) is 19.3. The first-order valence-electron chi connectivity index (χ1n) is 10.7. The summed E-state index contributed by atoms with van der Waals surface area (Å²) in [7, 11) is 0. The number of carbonyl (C=O) groups is 4. The van der Waals surface area contributed by atoms with E-state index in [1.54, 1.807) is 50.3 Å². The molecule has 2 aromatic rings. The minimum Gasteiger partial charge on any atom is -0.478 e. The number of carboxylic acids is 2. The first-order valence-corrected chi connectivity index (χ1v) is 10.7. The number of anilines is 2. The minimum absolute atomic E-state index is 0.0921. The van der Waals surface area contributed by atoms with Crippen LogP contribution >= 0.6 is 0 Å². The molecular weight excluding hydrogens is 448 g/mol. The van der Waals surface area contributed by atoms with Gasteiger partial charge in [0.2, 0.25) is 11.8 Å². The summed E-state index contributed by atoms with van der Waals surface area (Å²) in [6.07, 6.45) is 12.7. The van der Waals surface area contributed by atoms with Crippen molar-refractivity contribution >= 4 is 35.1 Å². The SMILES string of the molecule is C/C=C/C=C/C(=O)Nc1ccc(Cc2ccc(NC(=O)/C=C/C=C/C)c(C(=O)O)c2)cc1C(=O)O. The monoisotopic (exact) mass is 474 g/mol. The van der Waals surface area contributed by atoms with Crippen molar-refractivity contribution in [1.29, 1.82) is 0 Å². The molecule has 0 aliphatic rings. The van der Waals surface area contributed by atoms with E-state index in [9.17, 15) is 29.4 Å². The summed E-state index contributed by atoms with van der Waals surface area (Å²) in [4.78, 5) is 47.5. The van der Waals surface area contributed by atoms with Crippen LogP contribution in [-0.4, -0.2) is 34.0 Å². The van der Waals surface area contributed by atoms with Crippen molar-refractivity contribution in [2.75, 3.05) is 10.6 Å². The Hall–Kier alpha value is -4.72. The van der Waals surface area contributed by atoms with Crippen LogP contribution in [-0.2, 0) is 16.0 Å². The van der Waals surface area contributed by atoms with Gasteiger partial charge in [-0.1, -0.05) is 48.6 Å². The third-order valence-electron chi connectivity index (χ3n) is 4.66. The van der Waals surface area contributed by atoms with Crippen molar-refractivity contribution < 1.29 is 29.4 Å². The van der Waals surface area contributed by atoms with E-state index in [-0.39, 0.29) is 28.9 Å². The fraction of sp³-hybridized carbons (Fsp3) is 0.111. The van der Waals surface area contributed by atoms with E-state index in [2.05, 4.69) is 10.6 Å². The molecule has 180 valence electrons. The summed E-state index contributed by atoms with van der Waals surface area (Å²) in [6.45, 7) is 3.60. The van der Waals surface area contributed by atoms with Gasteiger partial charge < -0.3 is 20.8 Å². The molecule has 0 aliphatic carbocycles. The summed E-state index contributed by atoms with van der Waals surface area (Å²) >= 11 is 0. The van der Waals surface area contributed by atoms with E-state index in [0.29, 0.717) is 11.1 Å². The fourth-order valence-corrected chi connectivity index (χ4v) is 3.07. The number of carboxylic acid groups (broad SMARTS) is 2. The van der Waals surface area contributed by atoms with Crippen LogP contribution in [0.3, 0.4) is 0 Å². The van der Waals surface area contributed by atoms with Crippen molar-refractivity contribution in [3.8, 4) is 0 Å². The van der Waals surface area contributed by atoms with Gasteiger partial charge in [-0.05, 0) is 55.7 Å². The van der Waals surface area contributed by atoms with Gasteiger partial charge in [-0.3, -0.25) is 9.59 Å². The molecule has 0 saturated heterocycles. The minimum atomic E-state index is -1.21. The van der Waals surface area contributed by atoms with Crippen LogP contribution in [0.5, 0.6) is 0 Å². The third kappa shape index (κ3) is 8.29. The molecule has 0 aliphatic heterocycles. The number of allylic oxidation sites excluding steroid dienone is 6. The molecule has 0 fully saturated rings. The highest BCUT2D eigenvalue weighted by atomic mass is 16.4. The lowest BCUT2D eigenvalue weighted by atomic mass is 9.99. The van der Waals surface area contributed by atoms with E-state index in [4.69, 9.17) is 0 Å². The second-order valence-corrected chi connectivity index (χ2v) is 7.30. The maximum Gasteiger partial charge on any atom is 0.337 e. The molecule has 0 aromatic heterocycles. The Kier molecular flexibility index (Phi) is 9.93. The Labute approximate surface area is 203 Å². The molecule has 2 aromatic carbocycles. The third-order valence-corrected chi connectivity index (χ3v) is 4.66. The highest BCUT2D eigenvalue weighted by Crippen LogP contribution is 2.23. The zero-order chi connectivity index (χ0) is 25.8. The molecule has 8 nitrogen and oxygen atoms in total. The van der Waals surface area contributed by atoms with Crippen LogP contribution in [0.2, 0.25) is 0 Å². The van der Waals surface area contributed by atoms with Crippen LogP contribution in [0, 0.1) is 0 Å². The predicted octanol–water partition coefficient (Wildman–Crippen LogP) is 4.82. The van der Waals surface area contributed by atoms with Crippen molar-refractivity contribution in [1.82, 2.24) is 0 Å². The Balaban J connectivity index is 2.27. The molecule has 0 spiro atoms. The number of nitrogens with one attached hydrogen (secondary N) is 2. The summed E-state index contributed by atoms with van der Waals surface area (Å²) in [5, 5.41) is 24.3. The normalized spacial score (nSPS) is 11.5. The van der Waals surface area contributed by atoms with Gasteiger partial charge in [-0.2, -0.15) is 0 Å². The highest BCUT2D eigenvalue weighted by Gasteiger charge is 2.15. The standard InChI is InChI=1S/C27H26N2O6/c1-3-5-7-9-24(30)28-22-13-11-18(16-20(22)26(32)33)15-19-12-14-23(21(17-19)27(34)35)29-25(31)10-8-6-4-2/h3-14,16-17H,15H2,1-2H3,(H,28,30)(H,29,31)(H,32,33)(H,34,35)/b5-3+,6-4+,9-7+,10-8+. The number of hydrogen-bond donors (Lipinski definition) is 4. The van der Waals surface area contributed by atoms with E-state index in [0.717, 1.165) is 0 Å². The number of aromatic carboxylic acids is 2. The van der Waals surface area contributed by atoms with E-state index < -0.39 is 23.8 Å². The maximum absolute atomic E-state index is 12.0. The van der Waals surface area contributed by atoms with Gasteiger partial charge in [0, 0.05) is 12.2 Å². The topological polar surface area (TPSA) is 133 Å². The summed E-state index contributed by atoms with van der Waals surface area (Å²) in [5.74, 6) is -3.37. The van der Waals surface area contributed by atoms with Crippen LogP contribution < -0.4 is 10.6 Å². The van der Waals surface area contributed by atoms with Crippen LogP contribution in [0.25, 0.3) is 0 Å². The lowest BCUT2D eigenvalue weighted by Gasteiger charge is -2.12. The number of benzene rings is 2. The molecule has 2 rings (SSSR count). The number of carbonyl (C=O) groups excluding carboxylic acids is 2. The second kappa shape index (κ2) is 13.1. The molecule has 0 atom stereocenters. The lowest BCUT2D eigenvalue weighted by molar-refractivity contribution is -0.112. The zero-order valence-corrected chi connectivity index (χ0v) is 19.3. The molecule has 0 heterocycles. The predicted molar refractivity (Wildman–Crippen MR) is 135 cm³/mol. The molecule has 35 heavy (non-hydrogen) atoms. The van der Waals surface area contributed by atoms with Crippen molar-refractivity contribution in [2.24, 2.45) is 0 Å². The number of rotatable bonds is 10. The van der Waals surface area contributed by atoms with Gasteiger partial charge in [0.05, 0.1) is 22.5 Å². The van der Waals surface area contributed by atoms with Gasteiger partial charge in [0.15, 0.2) is 0 Å². The first-order chi connectivity index (χ1) is 16.7. The molecule has 0 radical (unpaired) electrons. The van der Waals surface area contributed by atoms with Gasteiger partial charge in [0.1, 0.15) is 0 Å². The molecule has 0 bridgehead atoms. The van der Waals surface area contributed by atoms with Crippen molar-refractivity contribution in [2.45, 2.75) is 20.3 Å². The van der Waals surface area contributed by atoms with Crippen molar-refractivity contribution in [3.05, 3.63) is 107 Å². The van der Waals surface area contributed by atoms with E-state index in [1.165, 1.54) is 48.6 Å². The highest BCUT2D eigenvalue weighted by molar-refractivity contribution is 6.05. The van der Waals surface area contributed by atoms with Crippen molar-refractivity contribution in [3.63, 3.8) is 0 Å². The molecule has 4 N–H and O–H groups in total. The molecule has 0 saturated carbocycles. The number of amides is 2. The first kappa shape index (κ1) is 26.5. The quantitative estimate of drug-likeness (QED) is 0.288. The molecule has 0 unspecified atom stereocenters. The van der Waals surface area contributed by atoms with Crippen LogP contribution in [0.15, 0.2) is 85.0 Å². The molecule has 2 amide bonds. The molecule has 8 heteroatoms. The second-order valence-electron chi connectivity index (χ2n) is 7.30. The average Bonchev–Trinajstić information content (AvgIpc) is 2.81. The van der Waals surface area contributed by atoms with E-state index in [1.807, 2.05) is 0 Å². The average molecular weight is 475 g/mol. The summed E-state index contributed by atoms with van der Waals surface area (Å²) < 4.78 is 0. The van der Waals surface area contributed by atoms with Crippen LogP contribution in [0.1, 0.15) is 45.7 Å². The largest absolute Gasteiger partial charge is 0.478 e. The Bertz CT molecular complexity index is 1140. The summed E-state index contributed by atoms with van der Waals surface area (Å²) in [6, 6.07) is 9.14. The van der Waals surface area contributed by atoms with Gasteiger partial charge in [0.25, 0.3) is 0 Å². The smallest absolute Gasteiger partial charge is 0.337 e. The van der Waals surface area contributed by atoms with Gasteiger partial charge in [-0.25, -0.2) is 9.59 Å². The fourth-order valence-electron chi connectivity index (χ4n) is 3.07. The maximum atomic E-state index is 12.0. The number of hydrogen-bond acceptors (Lipinski definition) is 4. The Morgan fingerprint density at radius 1 is 0.686 bits per heavy atom. The Morgan fingerprint density at radius 2 is 1.09 bits per heavy atom.